The van der Waals surface area contributed by atoms with Crippen molar-refractivity contribution in [3.8, 4) is 0 Å². The zero-order valence-corrected chi connectivity index (χ0v) is 13.7. The number of fused-ring (bicyclic) bond motifs is 1. The van der Waals surface area contributed by atoms with E-state index in [1.165, 1.54) is 10.4 Å². The van der Waals surface area contributed by atoms with E-state index >= 15 is 0 Å². The van der Waals surface area contributed by atoms with Gasteiger partial charge in [0.1, 0.15) is 10.3 Å². The first kappa shape index (κ1) is 14.5. The molecule has 2 aliphatic rings. The summed E-state index contributed by atoms with van der Waals surface area (Å²) in [7, 11) is -3.71. The van der Waals surface area contributed by atoms with Crippen LogP contribution in [0.3, 0.4) is 0 Å². The van der Waals surface area contributed by atoms with E-state index in [9.17, 15) is 18.3 Å². The van der Waals surface area contributed by atoms with Crippen molar-refractivity contribution < 1.29 is 18.3 Å². The summed E-state index contributed by atoms with van der Waals surface area (Å²) in [6.45, 7) is 0.333. The standard InChI is InChI=1S/C12H14BrNO4S2/c13-9-4-5-10(19-9)20(17,18)14-6-7-2-1-3-8(7)11(14)12(15)16/h4-5,7-8,11H,1-3,6H2,(H,15,16). The lowest BCUT2D eigenvalue weighted by atomic mass is 9.94. The van der Waals surface area contributed by atoms with Crippen LogP contribution in [-0.4, -0.2) is 36.4 Å². The molecule has 20 heavy (non-hydrogen) atoms. The van der Waals surface area contributed by atoms with Gasteiger partial charge in [-0.25, -0.2) is 8.42 Å². The fourth-order valence-corrected chi connectivity index (χ4v) is 7.20. The summed E-state index contributed by atoms with van der Waals surface area (Å²) in [6.07, 6.45) is 2.73. The van der Waals surface area contributed by atoms with Crippen LogP contribution in [-0.2, 0) is 14.8 Å². The van der Waals surface area contributed by atoms with E-state index in [-0.39, 0.29) is 16.0 Å². The summed E-state index contributed by atoms with van der Waals surface area (Å²) in [6, 6.07) is 2.29. The van der Waals surface area contributed by atoms with Crippen LogP contribution in [0.15, 0.2) is 20.1 Å². The van der Waals surface area contributed by atoms with E-state index < -0.39 is 22.0 Å². The minimum Gasteiger partial charge on any atom is -0.480 e. The molecular formula is C12H14BrNO4S2. The second-order valence-electron chi connectivity index (χ2n) is 5.27. The average molecular weight is 380 g/mol. The molecule has 8 heteroatoms. The summed E-state index contributed by atoms with van der Waals surface area (Å²) in [5.41, 5.74) is 0. The van der Waals surface area contributed by atoms with E-state index in [4.69, 9.17) is 0 Å². The number of carbonyl (C=O) groups is 1. The maximum Gasteiger partial charge on any atom is 0.322 e. The van der Waals surface area contributed by atoms with E-state index in [2.05, 4.69) is 15.9 Å². The highest BCUT2D eigenvalue weighted by atomic mass is 79.9. The molecule has 110 valence electrons. The summed E-state index contributed by atoms with van der Waals surface area (Å²) in [4.78, 5) is 11.5. The zero-order chi connectivity index (χ0) is 14.5. The number of sulfonamides is 1. The van der Waals surface area contributed by atoms with Gasteiger partial charge in [0.05, 0.1) is 3.79 Å². The van der Waals surface area contributed by atoms with Crippen LogP contribution < -0.4 is 0 Å². The lowest BCUT2D eigenvalue weighted by molar-refractivity contribution is -0.142. The van der Waals surface area contributed by atoms with Crippen molar-refractivity contribution >= 4 is 43.3 Å². The Morgan fingerprint density at radius 2 is 2.15 bits per heavy atom. The topological polar surface area (TPSA) is 74.7 Å². The van der Waals surface area contributed by atoms with Crippen LogP contribution in [0.4, 0.5) is 0 Å². The van der Waals surface area contributed by atoms with Gasteiger partial charge in [0.15, 0.2) is 0 Å². The highest BCUT2D eigenvalue weighted by molar-refractivity contribution is 9.11. The van der Waals surface area contributed by atoms with Gasteiger partial charge in [-0.3, -0.25) is 4.79 Å². The van der Waals surface area contributed by atoms with E-state index in [0.29, 0.717) is 6.54 Å². The monoisotopic (exact) mass is 379 g/mol. The Kier molecular flexibility index (Phi) is 3.68. The summed E-state index contributed by atoms with van der Waals surface area (Å²) < 4.78 is 27.4. The second kappa shape index (κ2) is 5.08. The number of rotatable bonds is 3. The van der Waals surface area contributed by atoms with Gasteiger partial charge < -0.3 is 5.11 Å². The SMILES string of the molecule is O=C(O)C1C2CCCC2CN1S(=O)(=O)c1ccc(Br)s1. The third kappa shape index (κ3) is 2.22. The van der Waals surface area contributed by atoms with Crippen LogP contribution in [0.1, 0.15) is 19.3 Å². The molecular weight excluding hydrogens is 366 g/mol. The van der Waals surface area contributed by atoms with E-state index in [1.54, 1.807) is 6.07 Å². The number of carboxylic acids is 1. The van der Waals surface area contributed by atoms with Crippen molar-refractivity contribution in [2.75, 3.05) is 6.54 Å². The molecule has 5 nitrogen and oxygen atoms in total. The Morgan fingerprint density at radius 3 is 2.75 bits per heavy atom. The number of carboxylic acid groups (broad SMARTS) is 1. The Balaban J connectivity index is 1.98. The zero-order valence-electron chi connectivity index (χ0n) is 10.5. The highest BCUT2D eigenvalue weighted by Gasteiger charge is 2.52. The summed E-state index contributed by atoms with van der Waals surface area (Å²) in [5.74, 6) is -0.876. The average Bonchev–Trinajstić information content (AvgIpc) is 3.00. The predicted octanol–water partition coefficient (Wildman–Crippen LogP) is 2.38. The molecule has 3 unspecified atom stereocenters. The molecule has 1 saturated heterocycles. The molecule has 0 spiro atoms. The minimum atomic E-state index is -3.71. The van der Waals surface area contributed by atoms with Gasteiger partial charge in [0, 0.05) is 6.54 Å². The van der Waals surface area contributed by atoms with Gasteiger partial charge in [0.25, 0.3) is 10.0 Å². The van der Waals surface area contributed by atoms with E-state index in [0.717, 1.165) is 34.4 Å². The van der Waals surface area contributed by atoms with Crippen molar-refractivity contribution in [3.63, 3.8) is 0 Å². The number of nitrogens with zero attached hydrogens (tertiary/aromatic N) is 1. The number of halogens is 1. The number of aliphatic carboxylic acids is 1. The smallest absolute Gasteiger partial charge is 0.322 e. The molecule has 3 rings (SSSR count). The second-order valence-corrected chi connectivity index (χ2v) is 9.85. The molecule has 1 aromatic heterocycles. The Morgan fingerprint density at radius 1 is 1.40 bits per heavy atom. The Hall–Kier alpha value is -0.440. The molecule has 1 saturated carbocycles. The van der Waals surface area contributed by atoms with Crippen LogP contribution in [0.25, 0.3) is 0 Å². The summed E-state index contributed by atoms with van der Waals surface area (Å²) >= 11 is 4.36. The molecule has 1 aromatic rings. The molecule has 0 amide bonds. The van der Waals surface area contributed by atoms with Crippen molar-refractivity contribution in [3.05, 3.63) is 15.9 Å². The van der Waals surface area contributed by atoms with E-state index in [1.807, 2.05) is 0 Å². The summed E-state index contributed by atoms with van der Waals surface area (Å²) in [5, 5.41) is 9.43. The van der Waals surface area contributed by atoms with Crippen LogP contribution in [0, 0.1) is 11.8 Å². The van der Waals surface area contributed by atoms with Crippen LogP contribution in [0.2, 0.25) is 0 Å². The first-order valence-electron chi connectivity index (χ1n) is 6.41. The lowest BCUT2D eigenvalue weighted by Crippen LogP contribution is -2.42. The fourth-order valence-electron chi connectivity index (χ4n) is 3.37. The van der Waals surface area contributed by atoms with Gasteiger partial charge in [-0.15, -0.1) is 11.3 Å². The molecule has 2 heterocycles. The van der Waals surface area contributed by atoms with Crippen molar-refractivity contribution in [2.24, 2.45) is 11.8 Å². The number of hydrogen-bond donors (Lipinski definition) is 1. The van der Waals surface area contributed by atoms with Crippen molar-refractivity contribution in [1.82, 2.24) is 4.31 Å². The number of hydrogen-bond acceptors (Lipinski definition) is 4. The van der Waals surface area contributed by atoms with Crippen molar-refractivity contribution in [1.29, 1.82) is 0 Å². The molecule has 0 aromatic carbocycles. The van der Waals surface area contributed by atoms with Gasteiger partial charge >= 0.3 is 5.97 Å². The van der Waals surface area contributed by atoms with Crippen LogP contribution >= 0.6 is 27.3 Å². The first-order chi connectivity index (χ1) is 9.41. The number of thiophene rings is 1. The van der Waals surface area contributed by atoms with Gasteiger partial charge in [-0.2, -0.15) is 4.31 Å². The molecule has 1 N–H and O–H groups in total. The fraction of sp³-hybridized carbons (Fsp3) is 0.583. The largest absolute Gasteiger partial charge is 0.480 e. The minimum absolute atomic E-state index is 0.0364. The molecule has 2 fully saturated rings. The lowest BCUT2D eigenvalue weighted by Gasteiger charge is -2.23. The molecule has 3 atom stereocenters. The van der Waals surface area contributed by atoms with Gasteiger partial charge in [0.2, 0.25) is 0 Å². The van der Waals surface area contributed by atoms with Gasteiger partial charge in [-0.1, -0.05) is 6.42 Å². The van der Waals surface area contributed by atoms with Crippen molar-refractivity contribution in [2.45, 2.75) is 29.5 Å². The Labute approximate surface area is 129 Å². The first-order valence-corrected chi connectivity index (χ1v) is 9.46. The normalized spacial score (nSPS) is 30.6. The predicted molar refractivity (Wildman–Crippen MR) is 78.2 cm³/mol. The third-order valence-electron chi connectivity index (χ3n) is 4.21. The highest BCUT2D eigenvalue weighted by Crippen LogP contribution is 2.45. The molecule has 0 bridgehead atoms. The maximum atomic E-state index is 12.6. The quantitative estimate of drug-likeness (QED) is 0.874. The molecule has 1 aliphatic carbocycles. The molecule has 0 radical (unpaired) electrons. The molecule has 1 aliphatic heterocycles. The van der Waals surface area contributed by atoms with Gasteiger partial charge in [-0.05, 0) is 52.7 Å². The Bertz CT molecular complexity index is 642. The third-order valence-corrected chi connectivity index (χ3v) is 8.15. The maximum absolute atomic E-state index is 12.6. The van der Waals surface area contributed by atoms with Crippen LogP contribution in [0.5, 0.6) is 0 Å².